The Bertz CT molecular complexity index is 456. The number of nitrogens with zero attached hydrogens (tertiary/aromatic N) is 2. The fraction of sp³-hybridized carbons (Fsp3) is 0.533. The molecule has 1 aliphatic rings. The third-order valence-electron chi connectivity index (χ3n) is 3.86. The molecule has 0 aromatic heterocycles. The zero-order valence-corrected chi connectivity index (χ0v) is 11.5. The molecule has 0 saturated carbocycles. The van der Waals surface area contributed by atoms with E-state index in [4.69, 9.17) is 4.74 Å². The summed E-state index contributed by atoms with van der Waals surface area (Å²) in [5, 5.41) is 20.0. The van der Waals surface area contributed by atoms with E-state index in [0.717, 1.165) is 11.3 Å². The lowest BCUT2D eigenvalue weighted by Crippen LogP contribution is -2.34. The van der Waals surface area contributed by atoms with Crippen LogP contribution >= 0.6 is 0 Å². The second-order valence-corrected chi connectivity index (χ2v) is 5.27. The average molecular weight is 260 g/mol. The Morgan fingerprint density at radius 3 is 2.32 bits per heavy atom. The van der Waals surface area contributed by atoms with Crippen molar-refractivity contribution in [2.24, 2.45) is 5.41 Å². The van der Waals surface area contributed by atoms with Crippen LogP contribution in [0.25, 0.3) is 0 Å². The molecule has 2 rings (SSSR count). The molecule has 0 radical (unpaired) electrons. The predicted molar refractivity (Wildman–Crippen MR) is 73.8 cm³/mol. The van der Waals surface area contributed by atoms with Crippen molar-refractivity contribution >= 4 is 5.69 Å². The number of aliphatic hydroxyl groups excluding tert-OH is 1. The summed E-state index contributed by atoms with van der Waals surface area (Å²) in [5.74, 6) is 0. The molecule has 1 aliphatic heterocycles. The molecule has 0 bridgehead atoms. The van der Waals surface area contributed by atoms with E-state index < -0.39 is 11.5 Å². The van der Waals surface area contributed by atoms with Gasteiger partial charge in [0.05, 0.1) is 17.6 Å². The van der Waals surface area contributed by atoms with Crippen molar-refractivity contribution in [3.05, 3.63) is 29.8 Å². The molecular weight excluding hydrogens is 240 g/mol. The minimum Gasteiger partial charge on any atom is -0.387 e. The molecular formula is C15H20N2O2. The highest BCUT2D eigenvalue weighted by atomic mass is 16.5. The van der Waals surface area contributed by atoms with Crippen molar-refractivity contribution < 1.29 is 9.84 Å². The standard InChI is InChI=1S/C15H20N2O2/c1-17(2)13-5-3-12(4-6-13)14(18)15(11-16)7-9-19-10-8-15/h3-6,14,18H,7-10H2,1-2H3. The summed E-state index contributed by atoms with van der Waals surface area (Å²) in [6.07, 6.45) is 0.415. The molecule has 4 heteroatoms. The Balaban J connectivity index is 2.22. The molecule has 1 aromatic carbocycles. The molecule has 1 unspecified atom stereocenters. The number of hydrogen-bond acceptors (Lipinski definition) is 4. The van der Waals surface area contributed by atoms with Gasteiger partial charge in [0.25, 0.3) is 0 Å². The van der Waals surface area contributed by atoms with Crippen molar-refractivity contribution in [3.63, 3.8) is 0 Å². The van der Waals surface area contributed by atoms with Gasteiger partial charge < -0.3 is 14.7 Å². The van der Waals surface area contributed by atoms with Gasteiger partial charge in [0.2, 0.25) is 0 Å². The molecule has 0 spiro atoms. The summed E-state index contributed by atoms with van der Waals surface area (Å²) in [5.41, 5.74) is 1.17. The van der Waals surface area contributed by atoms with Crippen molar-refractivity contribution in [2.75, 3.05) is 32.2 Å². The molecule has 1 heterocycles. The minimum absolute atomic E-state index is 0.542. The topological polar surface area (TPSA) is 56.5 Å². The number of ether oxygens (including phenoxy) is 1. The van der Waals surface area contributed by atoms with Crippen LogP contribution in [0.2, 0.25) is 0 Å². The van der Waals surface area contributed by atoms with Crippen molar-refractivity contribution in [3.8, 4) is 6.07 Å². The SMILES string of the molecule is CN(C)c1ccc(C(O)C2(C#N)CCOCC2)cc1. The maximum Gasteiger partial charge on any atom is 0.0978 e. The quantitative estimate of drug-likeness (QED) is 0.904. The largest absolute Gasteiger partial charge is 0.387 e. The second-order valence-electron chi connectivity index (χ2n) is 5.27. The van der Waals surface area contributed by atoms with Gasteiger partial charge in [0.1, 0.15) is 0 Å². The van der Waals surface area contributed by atoms with E-state index in [1.165, 1.54) is 0 Å². The smallest absolute Gasteiger partial charge is 0.0978 e. The fourth-order valence-corrected chi connectivity index (χ4v) is 2.46. The number of benzene rings is 1. The Hall–Kier alpha value is -1.57. The Kier molecular flexibility index (Phi) is 4.08. The molecule has 102 valence electrons. The van der Waals surface area contributed by atoms with Gasteiger partial charge in [0.15, 0.2) is 0 Å². The van der Waals surface area contributed by atoms with Gasteiger partial charge in [-0.2, -0.15) is 5.26 Å². The molecule has 1 fully saturated rings. The molecule has 0 aliphatic carbocycles. The average Bonchev–Trinajstić information content (AvgIpc) is 2.47. The lowest BCUT2D eigenvalue weighted by atomic mass is 9.74. The molecule has 0 amide bonds. The molecule has 4 nitrogen and oxygen atoms in total. The van der Waals surface area contributed by atoms with Crippen LogP contribution in [0.3, 0.4) is 0 Å². The van der Waals surface area contributed by atoms with Gasteiger partial charge in [-0.3, -0.25) is 0 Å². The number of anilines is 1. The van der Waals surface area contributed by atoms with E-state index in [1.54, 1.807) is 0 Å². The van der Waals surface area contributed by atoms with Crippen LogP contribution in [0.1, 0.15) is 24.5 Å². The normalized spacial score (nSPS) is 19.5. The van der Waals surface area contributed by atoms with Gasteiger partial charge in [-0.1, -0.05) is 12.1 Å². The summed E-state index contributed by atoms with van der Waals surface area (Å²) in [4.78, 5) is 2.00. The fourth-order valence-electron chi connectivity index (χ4n) is 2.46. The van der Waals surface area contributed by atoms with Gasteiger partial charge in [-0.15, -0.1) is 0 Å². The highest BCUT2D eigenvalue weighted by Crippen LogP contribution is 2.42. The predicted octanol–water partition coefficient (Wildman–Crippen LogP) is 2.11. The van der Waals surface area contributed by atoms with E-state index in [1.807, 2.05) is 43.3 Å². The lowest BCUT2D eigenvalue weighted by Gasteiger charge is -2.35. The number of hydrogen-bond donors (Lipinski definition) is 1. The Morgan fingerprint density at radius 2 is 1.84 bits per heavy atom. The zero-order chi connectivity index (χ0) is 13.9. The summed E-state index contributed by atoms with van der Waals surface area (Å²) in [7, 11) is 3.95. The number of nitriles is 1. The first-order valence-corrected chi connectivity index (χ1v) is 6.53. The van der Waals surface area contributed by atoms with Crippen molar-refractivity contribution in [1.82, 2.24) is 0 Å². The molecule has 1 N–H and O–H groups in total. The van der Waals surface area contributed by atoms with E-state index in [-0.39, 0.29) is 0 Å². The summed E-state index contributed by atoms with van der Waals surface area (Å²) in [6.45, 7) is 1.08. The summed E-state index contributed by atoms with van der Waals surface area (Å²) >= 11 is 0. The van der Waals surface area contributed by atoms with E-state index in [2.05, 4.69) is 6.07 Å². The van der Waals surface area contributed by atoms with Crippen LogP contribution in [0.5, 0.6) is 0 Å². The van der Waals surface area contributed by atoms with Gasteiger partial charge in [-0.25, -0.2) is 0 Å². The first-order valence-electron chi connectivity index (χ1n) is 6.53. The maximum atomic E-state index is 10.5. The zero-order valence-electron chi connectivity index (χ0n) is 11.5. The number of rotatable bonds is 3. The third kappa shape index (κ3) is 2.73. The highest BCUT2D eigenvalue weighted by molar-refractivity contribution is 5.46. The van der Waals surface area contributed by atoms with Crippen LogP contribution in [0.4, 0.5) is 5.69 Å². The van der Waals surface area contributed by atoms with Gasteiger partial charge in [-0.05, 0) is 30.5 Å². The first-order chi connectivity index (χ1) is 9.09. The van der Waals surface area contributed by atoms with Crippen LogP contribution in [-0.2, 0) is 4.74 Å². The van der Waals surface area contributed by atoms with E-state index in [0.29, 0.717) is 26.1 Å². The van der Waals surface area contributed by atoms with E-state index >= 15 is 0 Å². The monoisotopic (exact) mass is 260 g/mol. The molecule has 1 atom stereocenters. The lowest BCUT2D eigenvalue weighted by molar-refractivity contribution is -0.0310. The van der Waals surface area contributed by atoms with Crippen molar-refractivity contribution in [1.29, 1.82) is 5.26 Å². The minimum atomic E-state index is -0.752. The highest BCUT2D eigenvalue weighted by Gasteiger charge is 2.40. The Labute approximate surface area is 114 Å². The first kappa shape index (κ1) is 13.9. The van der Waals surface area contributed by atoms with Gasteiger partial charge in [0, 0.05) is 33.0 Å². The Morgan fingerprint density at radius 1 is 1.26 bits per heavy atom. The van der Waals surface area contributed by atoms with Crippen LogP contribution in [-0.4, -0.2) is 32.4 Å². The van der Waals surface area contributed by atoms with Crippen LogP contribution < -0.4 is 4.90 Å². The molecule has 1 saturated heterocycles. The van der Waals surface area contributed by atoms with Gasteiger partial charge >= 0.3 is 0 Å². The third-order valence-corrected chi connectivity index (χ3v) is 3.86. The van der Waals surface area contributed by atoms with Crippen LogP contribution in [0, 0.1) is 16.7 Å². The summed E-state index contributed by atoms with van der Waals surface area (Å²) < 4.78 is 5.29. The van der Waals surface area contributed by atoms with E-state index in [9.17, 15) is 10.4 Å². The number of aliphatic hydroxyl groups is 1. The molecule has 19 heavy (non-hydrogen) atoms. The second kappa shape index (κ2) is 5.60. The summed E-state index contributed by atoms with van der Waals surface area (Å²) in [6, 6.07) is 10.0. The van der Waals surface area contributed by atoms with Crippen molar-refractivity contribution in [2.45, 2.75) is 18.9 Å². The maximum absolute atomic E-state index is 10.5. The molecule has 1 aromatic rings. The van der Waals surface area contributed by atoms with Crippen LogP contribution in [0.15, 0.2) is 24.3 Å².